The van der Waals surface area contributed by atoms with Crippen molar-refractivity contribution in [3.63, 3.8) is 0 Å². The topological polar surface area (TPSA) is 56.7 Å². The Bertz CT molecular complexity index is 993. The lowest BCUT2D eigenvalue weighted by Gasteiger charge is -2.13. The Morgan fingerprint density at radius 3 is 2.61 bits per heavy atom. The average Bonchev–Trinajstić information content (AvgIpc) is 3.11. The van der Waals surface area contributed by atoms with Crippen molar-refractivity contribution in [3.05, 3.63) is 59.9 Å². The first-order chi connectivity index (χ1) is 11.1. The average molecular weight is 304 g/mol. The Morgan fingerprint density at radius 1 is 1.04 bits per heavy atom. The number of benzene rings is 1. The summed E-state index contributed by atoms with van der Waals surface area (Å²) in [4.78, 5) is 13.2. The molecule has 0 bridgehead atoms. The summed E-state index contributed by atoms with van der Waals surface area (Å²) in [6.07, 6.45) is 5.56. The number of hydrogen-bond acceptors (Lipinski definition) is 4. The van der Waals surface area contributed by atoms with Crippen LogP contribution in [0.4, 0.5) is 0 Å². The number of rotatable bonds is 2. The maximum absolute atomic E-state index is 5.44. The second-order valence-corrected chi connectivity index (χ2v) is 5.64. The van der Waals surface area contributed by atoms with E-state index in [0.717, 1.165) is 22.6 Å². The molecular weight excluding hydrogens is 288 g/mol. The number of nitrogens with zero attached hydrogens (tertiary/aromatic N) is 4. The fourth-order valence-corrected chi connectivity index (χ4v) is 2.94. The molecule has 0 fully saturated rings. The van der Waals surface area contributed by atoms with Crippen LogP contribution in [0.2, 0.25) is 0 Å². The molecule has 23 heavy (non-hydrogen) atoms. The first-order valence-corrected chi connectivity index (χ1v) is 7.47. The van der Waals surface area contributed by atoms with Crippen molar-refractivity contribution in [3.8, 4) is 17.1 Å². The van der Waals surface area contributed by atoms with E-state index in [1.54, 1.807) is 12.4 Å². The van der Waals surface area contributed by atoms with E-state index < -0.39 is 0 Å². The minimum absolute atomic E-state index is 0.552. The zero-order chi connectivity index (χ0) is 16.0. The van der Waals surface area contributed by atoms with Crippen molar-refractivity contribution in [2.75, 3.05) is 0 Å². The first kappa shape index (κ1) is 13.7. The third-order valence-electron chi connectivity index (χ3n) is 3.93. The molecule has 114 valence electrons. The van der Waals surface area contributed by atoms with Gasteiger partial charge in [-0.05, 0) is 31.0 Å². The molecule has 3 aromatic heterocycles. The molecule has 5 nitrogen and oxygen atoms in total. The van der Waals surface area contributed by atoms with Crippen LogP contribution in [0.1, 0.15) is 17.0 Å². The van der Waals surface area contributed by atoms with Gasteiger partial charge in [0.1, 0.15) is 11.3 Å². The zero-order valence-corrected chi connectivity index (χ0v) is 13.2. The van der Waals surface area contributed by atoms with E-state index in [9.17, 15) is 0 Å². The van der Waals surface area contributed by atoms with Crippen LogP contribution in [0.3, 0.4) is 0 Å². The number of para-hydroxylation sites is 1. The maximum Gasteiger partial charge on any atom is 0.246 e. The molecule has 5 heteroatoms. The largest absolute Gasteiger partial charge is 0.423 e. The van der Waals surface area contributed by atoms with Crippen molar-refractivity contribution in [1.82, 2.24) is 19.5 Å². The number of aryl methyl sites for hydroxylation is 3. The summed E-state index contributed by atoms with van der Waals surface area (Å²) in [6.45, 7) is 6.03. The summed E-state index contributed by atoms with van der Waals surface area (Å²) >= 11 is 0. The number of oxazole rings is 1. The highest BCUT2D eigenvalue weighted by Crippen LogP contribution is 2.27. The smallest absolute Gasteiger partial charge is 0.246 e. The Hall–Kier alpha value is -2.95. The third kappa shape index (κ3) is 2.21. The highest BCUT2D eigenvalue weighted by molar-refractivity contribution is 5.75. The maximum atomic E-state index is 5.44. The van der Waals surface area contributed by atoms with Crippen LogP contribution in [-0.4, -0.2) is 19.5 Å². The lowest BCUT2D eigenvalue weighted by Crippen LogP contribution is -2.01. The lowest BCUT2D eigenvalue weighted by atomic mass is 10.1. The summed E-state index contributed by atoms with van der Waals surface area (Å²) in [5, 5.41) is 0. The normalized spacial score (nSPS) is 11.3. The van der Waals surface area contributed by atoms with Crippen molar-refractivity contribution in [2.45, 2.75) is 20.8 Å². The highest BCUT2D eigenvalue weighted by atomic mass is 16.4. The Labute approximate surface area is 133 Å². The van der Waals surface area contributed by atoms with Crippen molar-refractivity contribution in [2.24, 2.45) is 0 Å². The van der Waals surface area contributed by atoms with Gasteiger partial charge >= 0.3 is 0 Å². The van der Waals surface area contributed by atoms with E-state index >= 15 is 0 Å². The lowest BCUT2D eigenvalue weighted by molar-refractivity contribution is 0.551. The van der Waals surface area contributed by atoms with Gasteiger partial charge in [-0.15, -0.1) is 0 Å². The van der Waals surface area contributed by atoms with Gasteiger partial charge in [-0.1, -0.05) is 18.2 Å². The molecule has 4 rings (SSSR count). The molecule has 0 N–H and O–H groups in total. The van der Waals surface area contributed by atoms with Crippen LogP contribution in [0.15, 0.2) is 47.3 Å². The summed E-state index contributed by atoms with van der Waals surface area (Å²) < 4.78 is 7.54. The van der Waals surface area contributed by atoms with Crippen LogP contribution >= 0.6 is 0 Å². The van der Waals surface area contributed by atoms with Crippen molar-refractivity contribution in [1.29, 1.82) is 0 Å². The van der Waals surface area contributed by atoms with Crippen LogP contribution in [0, 0.1) is 20.8 Å². The number of aromatic nitrogens is 4. The van der Waals surface area contributed by atoms with E-state index in [0.29, 0.717) is 11.6 Å². The summed E-state index contributed by atoms with van der Waals surface area (Å²) in [7, 11) is 0. The molecule has 3 heterocycles. The quantitative estimate of drug-likeness (QED) is 0.561. The van der Waals surface area contributed by atoms with E-state index in [2.05, 4.69) is 51.6 Å². The number of fused-ring (bicyclic) bond motifs is 1. The van der Waals surface area contributed by atoms with Gasteiger partial charge in [-0.25, -0.2) is 15.0 Å². The second kappa shape index (κ2) is 5.05. The van der Waals surface area contributed by atoms with Crippen molar-refractivity contribution >= 4 is 11.2 Å². The van der Waals surface area contributed by atoms with Crippen LogP contribution in [0.25, 0.3) is 28.3 Å². The Morgan fingerprint density at radius 2 is 1.83 bits per heavy atom. The molecule has 0 saturated heterocycles. The molecule has 0 aliphatic carbocycles. The molecule has 0 atom stereocenters. The standard InChI is InChI=1S/C18H16N4O/c1-11-5-4-6-12(2)16(11)22-8-7-19-17(22)14-9-15-18(20-10-14)23-13(3)21-15/h4-10H,1-3H3. The molecule has 0 aliphatic heterocycles. The van der Waals surface area contributed by atoms with Crippen LogP contribution in [0.5, 0.6) is 0 Å². The predicted molar refractivity (Wildman–Crippen MR) is 88.6 cm³/mol. The van der Waals surface area contributed by atoms with Gasteiger partial charge in [0.05, 0.1) is 5.69 Å². The molecule has 0 unspecified atom stereocenters. The minimum atomic E-state index is 0.552. The molecule has 0 saturated carbocycles. The van der Waals surface area contributed by atoms with E-state index in [-0.39, 0.29) is 0 Å². The third-order valence-corrected chi connectivity index (χ3v) is 3.93. The van der Waals surface area contributed by atoms with Gasteiger partial charge in [-0.2, -0.15) is 0 Å². The molecule has 1 aromatic carbocycles. The molecule has 4 aromatic rings. The van der Waals surface area contributed by atoms with E-state index in [4.69, 9.17) is 4.42 Å². The van der Waals surface area contributed by atoms with Gasteiger partial charge in [-0.3, -0.25) is 4.57 Å². The summed E-state index contributed by atoms with van der Waals surface area (Å²) in [5.41, 5.74) is 5.77. The minimum Gasteiger partial charge on any atom is -0.423 e. The fourth-order valence-electron chi connectivity index (χ4n) is 2.94. The monoisotopic (exact) mass is 304 g/mol. The number of hydrogen-bond donors (Lipinski definition) is 0. The number of imidazole rings is 1. The van der Waals surface area contributed by atoms with E-state index in [1.807, 2.05) is 19.2 Å². The molecular formula is C18H16N4O. The van der Waals surface area contributed by atoms with Gasteiger partial charge in [0.2, 0.25) is 5.71 Å². The molecule has 0 radical (unpaired) electrons. The Balaban J connectivity index is 1.91. The van der Waals surface area contributed by atoms with Gasteiger partial charge < -0.3 is 4.42 Å². The first-order valence-electron chi connectivity index (χ1n) is 7.47. The predicted octanol–water partition coefficient (Wildman–Crippen LogP) is 4.00. The van der Waals surface area contributed by atoms with Gasteiger partial charge in [0.15, 0.2) is 5.89 Å². The fraction of sp³-hybridized carbons (Fsp3) is 0.167. The highest BCUT2D eigenvalue weighted by Gasteiger charge is 2.14. The van der Waals surface area contributed by atoms with Gasteiger partial charge in [0, 0.05) is 31.1 Å². The Kier molecular flexibility index (Phi) is 3.01. The van der Waals surface area contributed by atoms with Crippen LogP contribution in [-0.2, 0) is 0 Å². The zero-order valence-electron chi connectivity index (χ0n) is 13.2. The summed E-state index contributed by atoms with van der Waals surface area (Å²) in [5.74, 6) is 1.46. The van der Waals surface area contributed by atoms with Gasteiger partial charge in [0.25, 0.3) is 0 Å². The summed E-state index contributed by atoms with van der Waals surface area (Å²) in [6, 6.07) is 8.24. The number of pyridine rings is 1. The molecule has 0 spiro atoms. The van der Waals surface area contributed by atoms with Crippen molar-refractivity contribution < 1.29 is 4.42 Å². The molecule has 0 amide bonds. The SMILES string of the molecule is Cc1nc2cc(-c3nccn3-c3c(C)cccc3C)cnc2o1. The second-order valence-electron chi connectivity index (χ2n) is 5.64. The van der Waals surface area contributed by atoms with E-state index in [1.165, 1.54) is 11.1 Å². The molecule has 0 aliphatic rings. The van der Waals surface area contributed by atoms with Crippen LogP contribution < -0.4 is 0 Å².